The van der Waals surface area contributed by atoms with Gasteiger partial charge in [-0.3, -0.25) is 10.8 Å². The molecule has 3 nitrogen and oxygen atoms in total. The molecule has 0 spiro atoms. The summed E-state index contributed by atoms with van der Waals surface area (Å²) in [7, 11) is 0. The molecule has 0 saturated heterocycles. The predicted octanol–water partition coefficient (Wildman–Crippen LogP) is 3.10. The van der Waals surface area contributed by atoms with E-state index in [4.69, 9.17) is 5.84 Å². The standard InChI is InChI=1S/C17H17N3/c1-12-6-2-3-7-13(12)17(20-18)15-8-4-10-16-14(15)9-5-11-19-16/h2-11,17,20H,18H2,1H3. The van der Waals surface area contributed by atoms with Gasteiger partial charge in [0.15, 0.2) is 0 Å². The first-order valence-corrected chi connectivity index (χ1v) is 6.66. The number of nitrogens with zero attached hydrogens (tertiary/aromatic N) is 1. The Hall–Kier alpha value is -2.23. The smallest absolute Gasteiger partial charge is 0.0719 e. The van der Waals surface area contributed by atoms with E-state index < -0.39 is 0 Å². The summed E-state index contributed by atoms with van der Waals surface area (Å²) in [5.74, 6) is 5.83. The number of hydrogen-bond acceptors (Lipinski definition) is 3. The number of nitrogens with two attached hydrogens (primary N) is 1. The fourth-order valence-electron chi connectivity index (χ4n) is 2.64. The van der Waals surface area contributed by atoms with Crippen LogP contribution in [0.1, 0.15) is 22.7 Å². The summed E-state index contributed by atoms with van der Waals surface area (Å²) in [5, 5.41) is 1.13. The van der Waals surface area contributed by atoms with Crippen LogP contribution in [0.25, 0.3) is 10.9 Å². The van der Waals surface area contributed by atoms with Gasteiger partial charge in [-0.25, -0.2) is 5.43 Å². The molecule has 3 rings (SSSR count). The van der Waals surface area contributed by atoms with Crippen LogP contribution in [-0.2, 0) is 0 Å². The van der Waals surface area contributed by atoms with Crippen LogP contribution in [0.4, 0.5) is 0 Å². The molecule has 0 bridgehead atoms. The zero-order chi connectivity index (χ0) is 13.9. The van der Waals surface area contributed by atoms with Gasteiger partial charge < -0.3 is 0 Å². The lowest BCUT2D eigenvalue weighted by atomic mass is 9.93. The molecule has 3 aromatic rings. The lowest BCUT2D eigenvalue weighted by Crippen LogP contribution is -2.29. The highest BCUT2D eigenvalue weighted by Crippen LogP contribution is 2.29. The van der Waals surface area contributed by atoms with Crippen LogP contribution < -0.4 is 11.3 Å². The number of aryl methyl sites for hydroxylation is 1. The minimum atomic E-state index is -0.0379. The van der Waals surface area contributed by atoms with E-state index in [1.54, 1.807) is 0 Å². The first-order chi connectivity index (χ1) is 9.81. The van der Waals surface area contributed by atoms with Crippen molar-refractivity contribution in [1.29, 1.82) is 0 Å². The van der Waals surface area contributed by atoms with Crippen LogP contribution in [0.2, 0.25) is 0 Å². The van der Waals surface area contributed by atoms with Gasteiger partial charge in [-0.1, -0.05) is 42.5 Å². The lowest BCUT2D eigenvalue weighted by Gasteiger charge is -2.20. The average molecular weight is 263 g/mol. The third-order valence-electron chi connectivity index (χ3n) is 3.66. The van der Waals surface area contributed by atoms with Crippen molar-refractivity contribution >= 4 is 10.9 Å². The Bertz CT molecular complexity index is 732. The quantitative estimate of drug-likeness (QED) is 0.564. The summed E-state index contributed by atoms with van der Waals surface area (Å²) < 4.78 is 0. The van der Waals surface area contributed by atoms with E-state index in [1.807, 2.05) is 36.5 Å². The van der Waals surface area contributed by atoms with Gasteiger partial charge in [0.2, 0.25) is 0 Å². The molecular weight excluding hydrogens is 246 g/mol. The molecule has 2 aromatic carbocycles. The maximum atomic E-state index is 5.83. The summed E-state index contributed by atoms with van der Waals surface area (Å²) in [6.45, 7) is 2.10. The van der Waals surface area contributed by atoms with E-state index in [-0.39, 0.29) is 6.04 Å². The Balaban J connectivity index is 2.20. The van der Waals surface area contributed by atoms with E-state index in [1.165, 1.54) is 11.1 Å². The molecule has 1 atom stereocenters. The van der Waals surface area contributed by atoms with Gasteiger partial charge >= 0.3 is 0 Å². The normalized spacial score (nSPS) is 12.5. The van der Waals surface area contributed by atoms with Gasteiger partial charge in [0.1, 0.15) is 0 Å². The summed E-state index contributed by atoms with van der Waals surface area (Å²) in [6, 6.07) is 18.4. The van der Waals surface area contributed by atoms with E-state index in [9.17, 15) is 0 Å². The highest BCUT2D eigenvalue weighted by molar-refractivity contribution is 5.83. The molecular formula is C17H17N3. The molecule has 3 heteroatoms. The Morgan fingerprint density at radius 1 is 0.950 bits per heavy atom. The van der Waals surface area contributed by atoms with Gasteiger partial charge in [0.25, 0.3) is 0 Å². The summed E-state index contributed by atoms with van der Waals surface area (Å²) in [6.07, 6.45) is 1.81. The molecule has 0 amide bonds. The van der Waals surface area contributed by atoms with Crippen molar-refractivity contribution in [2.75, 3.05) is 0 Å². The predicted molar refractivity (Wildman–Crippen MR) is 82.1 cm³/mol. The summed E-state index contributed by atoms with van der Waals surface area (Å²) >= 11 is 0. The number of nitrogens with one attached hydrogen (secondary N) is 1. The van der Waals surface area contributed by atoms with Crippen LogP contribution >= 0.6 is 0 Å². The number of benzene rings is 2. The maximum Gasteiger partial charge on any atom is 0.0719 e. The molecule has 0 saturated carbocycles. The topological polar surface area (TPSA) is 50.9 Å². The summed E-state index contributed by atoms with van der Waals surface area (Å²) in [4.78, 5) is 4.41. The number of hydrogen-bond donors (Lipinski definition) is 2. The zero-order valence-corrected chi connectivity index (χ0v) is 11.4. The molecule has 0 aliphatic rings. The minimum Gasteiger partial charge on any atom is -0.271 e. The molecule has 3 N–H and O–H groups in total. The van der Waals surface area contributed by atoms with Gasteiger partial charge in [-0.2, -0.15) is 0 Å². The molecule has 0 radical (unpaired) electrons. The Morgan fingerprint density at radius 3 is 2.55 bits per heavy atom. The van der Waals surface area contributed by atoms with E-state index in [0.717, 1.165) is 16.5 Å². The average Bonchev–Trinajstić information content (AvgIpc) is 2.50. The van der Waals surface area contributed by atoms with Gasteiger partial charge in [-0.15, -0.1) is 0 Å². The van der Waals surface area contributed by atoms with Crippen LogP contribution in [0.15, 0.2) is 60.8 Å². The van der Waals surface area contributed by atoms with Gasteiger partial charge in [0.05, 0.1) is 11.6 Å². The summed E-state index contributed by atoms with van der Waals surface area (Å²) in [5.41, 5.74) is 7.48. The van der Waals surface area contributed by atoms with Crippen molar-refractivity contribution in [3.8, 4) is 0 Å². The molecule has 100 valence electrons. The van der Waals surface area contributed by atoms with Crippen LogP contribution in [-0.4, -0.2) is 4.98 Å². The SMILES string of the molecule is Cc1ccccc1C(NN)c1cccc2ncccc12. The second-order valence-electron chi connectivity index (χ2n) is 4.87. The third-order valence-corrected chi connectivity index (χ3v) is 3.66. The minimum absolute atomic E-state index is 0.0379. The number of aromatic nitrogens is 1. The second kappa shape index (κ2) is 5.41. The third kappa shape index (κ3) is 2.18. The molecule has 1 aromatic heterocycles. The molecule has 20 heavy (non-hydrogen) atoms. The van der Waals surface area contributed by atoms with Crippen molar-refractivity contribution in [2.24, 2.45) is 5.84 Å². The molecule has 0 fully saturated rings. The number of pyridine rings is 1. The number of fused-ring (bicyclic) bond motifs is 1. The Kier molecular flexibility index (Phi) is 3.46. The monoisotopic (exact) mass is 263 g/mol. The Labute approximate surface area is 118 Å². The molecule has 1 heterocycles. The molecule has 0 aliphatic heterocycles. The highest BCUT2D eigenvalue weighted by Gasteiger charge is 2.16. The van der Waals surface area contributed by atoms with Crippen molar-refractivity contribution < 1.29 is 0 Å². The Morgan fingerprint density at radius 2 is 1.75 bits per heavy atom. The van der Waals surface area contributed by atoms with E-state index >= 15 is 0 Å². The number of hydrazine groups is 1. The van der Waals surface area contributed by atoms with Crippen LogP contribution in [0.3, 0.4) is 0 Å². The van der Waals surface area contributed by atoms with Crippen molar-refractivity contribution in [1.82, 2.24) is 10.4 Å². The van der Waals surface area contributed by atoms with E-state index in [0.29, 0.717) is 0 Å². The van der Waals surface area contributed by atoms with Crippen LogP contribution in [0, 0.1) is 6.92 Å². The first-order valence-electron chi connectivity index (χ1n) is 6.66. The second-order valence-corrected chi connectivity index (χ2v) is 4.87. The first kappa shape index (κ1) is 12.8. The lowest BCUT2D eigenvalue weighted by molar-refractivity contribution is 0.637. The van der Waals surface area contributed by atoms with E-state index in [2.05, 4.69) is 41.6 Å². The van der Waals surface area contributed by atoms with Crippen molar-refractivity contribution in [3.05, 3.63) is 77.5 Å². The number of rotatable bonds is 3. The fraction of sp³-hybridized carbons (Fsp3) is 0.118. The zero-order valence-electron chi connectivity index (χ0n) is 11.4. The molecule has 0 aliphatic carbocycles. The van der Waals surface area contributed by atoms with Crippen molar-refractivity contribution in [2.45, 2.75) is 13.0 Å². The largest absolute Gasteiger partial charge is 0.271 e. The highest BCUT2D eigenvalue weighted by atomic mass is 15.2. The van der Waals surface area contributed by atoms with Crippen molar-refractivity contribution in [3.63, 3.8) is 0 Å². The molecule has 1 unspecified atom stereocenters. The fourth-order valence-corrected chi connectivity index (χ4v) is 2.64. The van der Waals surface area contributed by atoms with Crippen LogP contribution in [0.5, 0.6) is 0 Å². The van der Waals surface area contributed by atoms with Gasteiger partial charge in [0, 0.05) is 11.6 Å². The van der Waals surface area contributed by atoms with Gasteiger partial charge in [-0.05, 0) is 35.7 Å². The maximum absolute atomic E-state index is 5.83.